The van der Waals surface area contributed by atoms with E-state index in [9.17, 15) is 4.39 Å². The zero-order valence-electron chi connectivity index (χ0n) is 7.78. The van der Waals surface area contributed by atoms with Crippen LogP contribution >= 0.6 is 22.9 Å². The summed E-state index contributed by atoms with van der Waals surface area (Å²) in [5.41, 5.74) is 6.38. The molecule has 0 amide bonds. The predicted molar refractivity (Wildman–Crippen MR) is 61.8 cm³/mol. The first-order chi connectivity index (χ1) is 7.20. The van der Waals surface area contributed by atoms with Crippen molar-refractivity contribution in [2.24, 2.45) is 5.73 Å². The summed E-state index contributed by atoms with van der Waals surface area (Å²) in [5, 5.41) is 2.02. The van der Waals surface area contributed by atoms with Gasteiger partial charge in [0.1, 0.15) is 5.82 Å². The van der Waals surface area contributed by atoms with Gasteiger partial charge in [-0.05, 0) is 17.5 Å². The molecule has 1 heterocycles. The van der Waals surface area contributed by atoms with Crippen molar-refractivity contribution < 1.29 is 4.39 Å². The van der Waals surface area contributed by atoms with Crippen LogP contribution in [-0.2, 0) is 0 Å². The Morgan fingerprint density at radius 3 is 2.73 bits per heavy atom. The SMILES string of the molecule is N[C@H](c1cccs1)c1cccc(Cl)c1F. The fourth-order valence-corrected chi connectivity index (χ4v) is 2.31. The van der Waals surface area contributed by atoms with Crippen molar-refractivity contribution >= 4 is 22.9 Å². The Balaban J connectivity index is 2.42. The van der Waals surface area contributed by atoms with E-state index in [0.717, 1.165) is 4.88 Å². The Morgan fingerprint density at radius 2 is 2.07 bits per heavy atom. The summed E-state index contributed by atoms with van der Waals surface area (Å²) in [6, 6.07) is 8.21. The van der Waals surface area contributed by atoms with Crippen LogP contribution in [0.2, 0.25) is 5.02 Å². The minimum absolute atomic E-state index is 0.111. The third-order valence-electron chi connectivity index (χ3n) is 2.17. The fourth-order valence-electron chi connectivity index (χ4n) is 1.38. The van der Waals surface area contributed by atoms with Gasteiger partial charge >= 0.3 is 0 Å². The number of halogens is 2. The number of hydrogen-bond acceptors (Lipinski definition) is 2. The van der Waals surface area contributed by atoms with Crippen LogP contribution < -0.4 is 5.73 Å². The molecule has 1 aromatic carbocycles. The van der Waals surface area contributed by atoms with Crippen molar-refractivity contribution in [2.75, 3.05) is 0 Å². The Labute approximate surface area is 96.3 Å². The van der Waals surface area contributed by atoms with Gasteiger partial charge in [-0.15, -0.1) is 11.3 Å². The summed E-state index contributed by atoms with van der Waals surface area (Å²) in [5.74, 6) is -0.430. The number of nitrogens with two attached hydrogens (primary N) is 1. The van der Waals surface area contributed by atoms with E-state index >= 15 is 0 Å². The maximum atomic E-state index is 13.6. The van der Waals surface area contributed by atoms with Crippen molar-refractivity contribution in [2.45, 2.75) is 6.04 Å². The first-order valence-electron chi connectivity index (χ1n) is 4.43. The van der Waals surface area contributed by atoms with E-state index in [2.05, 4.69) is 0 Å². The highest BCUT2D eigenvalue weighted by atomic mass is 35.5. The van der Waals surface area contributed by atoms with Crippen LogP contribution in [0.5, 0.6) is 0 Å². The maximum Gasteiger partial charge on any atom is 0.146 e. The summed E-state index contributed by atoms with van der Waals surface area (Å²) >= 11 is 7.20. The van der Waals surface area contributed by atoms with Crippen LogP contribution in [0.1, 0.15) is 16.5 Å². The molecular weight excluding hydrogens is 233 g/mol. The number of benzene rings is 1. The van der Waals surface area contributed by atoms with Gasteiger partial charge < -0.3 is 5.73 Å². The van der Waals surface area contributed by atoms with Gasteiger partial charge in [-0.25, -0.2) is 4.39 Å². The lowest BCUT2D eigenvalue weighted by molar-refractivity contribution is 0.601. The lowest BCUT2D eigenvalue weighted by atomic mass is 10.1. The van der Waals surface area contributed by atoms with Crippen molar-refractivity contribution in [1.82, 2.24) is 0 Å². The van der Waals surface area contributed by atoms with E-state index in [0.29, 0.717) is 5.56 Å². The highest BCUT2D eigenvalue weighted by Crippen LogP contribution is 2.28. The summed E-state index contributed by atoms with van der Waals surface area (Å²) in [6.07, 6.45) is 0. The van der Waals surface area contributed by atoms with Crippen LogP contribution in [0.4, 0.5) is 4.39 Å². The molecule has 0 unspecified atom stereocenters. The van der Waals surface area contributed by atoms with Gasteiger partial charge in [-0.1, -0.05) is 29.8 Å². The molecule has 0 spiro atoms. The maximum absolute atomic E-state index is 13.6. The Bertz CT molecular complexity index is 456. The van der Waals surface area contributed by atoms with Crippen LogP contribution in [-0.4, -0.2) is 0 Å². The monoisotopic (exact) mass is 241 g/mol. The van der Waals surface area contributed by atoms with Gasteiger partial charge in [0.15, 0.2) is 0 Å². The van der Waals surface area contributed by atoms with Crippen molar-refractivity contribution in [3.8, 4) is 0 Å². The first kappa shape index (κ1) is 10.6. The smallest absolute Gasteiger partial charge is 0.146 e. The molecule has 1 nitrogen and oxygen atoms in total. The van der Waals surface area contributed by atoms with Gasteiger partial charge in [0.05, 0.1) is 11.1 Å². The Morgan fingerprint density at radius 1 is 1.27 bits per heavy atom. The molecule has 0 saturated carbocycles. The Kier molecular flexibility index (Phi) is 3.05. The van der Waals surface area contributed by atoms with Crippen LogP contribution in [0.15, 0.2) is 35.7 Å². The third kappa shape index (κ3) is 2.04. The minimum Gasteiger partial charge on any atom is -0.320 e. The van der Waals surface area contributed by atoms with E-state index in [1.54, 1.807) is 12.1 Å². The van der Waals surface area contributed by atoms with Crippen LogP contribution in [0.25, 0.3) is 0 Å². The Hall–Kier alpha value is -0.900. The lowest BCUT2D eigenvalue weighted by Crippen LogP contribution is -2.12. The van der Waals surface area contributed by atoms with E-state index in [4.69, 9.17) is 17.3 Å². The van der Waals surface area contributed by atoms with Gasteiger partial charge in [0.2, 0.25) is 0 Å². The fraction of sp³-hybridized carbons (Fsp3) is 0.0909. The standard InChI is InChI=1S/C11H9ClFNS/c12-8-4-1-3-7(10(8)13)11(14)9-5-2-6-15-9/h1-6,11H,14H2/t11-/m0/s1. The highest BCUT2D eigenvalue weighted by Gasteiger charge is 2.15. The lowest BCUT2D eigenvalue weighted by Gasteiger charge is -2.11. The van der Waals surface area contributed by atoms with Gasteiger partial charge in [-0.2, -0.15) is 0 Å². The normalized spacial score (nSPS) is 12.7. The second-order valence-electron chi connectivity index (χ2n) is 3.14. The second kappa shape index (κ2) is 4.31. The molecular formula is C11H9ClFNS. The van der Waals surface area contributed by atoms with E-state index in [1.165, 1.54) is 17.4 Å². The van der Waals surface area contributed by atoms with E-state index in [1.807, 2.05) is 17.5 Å². The molecule has 0 fully saturated rings. The minimum atomic E-state index is -0.441. The molecule has 2 rings (SSSR count). The zero-order chi connectivity index (χ0) is 10.8. The molecule has 1 atom stereocenters. The number of rotatable bonds is 2. The van der Waals surface area contributed by atoms with Crippen molar-refractivity contribution in [3.05, 3.63) is 57.0 Å². The molecule has 0 saturated heterocycles. The zero-order valence-corrected chi connectivity index (χ0v) is 9.36. The summed E-state index contributed by atoms with van der Waals surface area (Å²) < 4.78 is 13.6. The molecule has 2 aromatic rings. The summed E-state index contributed by atoms with van der Waals surface area (Å²) in [7, 11) is 0. The van der Waals surface area contributed by atoms with Gasteiger partial charge in [0, 0.05) is 10.4 Å². The molecule has 1 aromatic heterocycles. The third-order valence-corrected chi connectivity index (χ3v) is 3.41. The topological polar surface area (TPSA) is 26.0 Å². The molecule has 15 heavy (non-hydrogen) atoms. The molecule has 0 aliphatic heterocycles. The quantitative estimate of drug-likeness (QED) is 0.855. The predicted octanol–water partition coefficient (Wildman–Crippen LogP) is 3.59. The molecule has 0 aliphatic rings. The highest BCUT2D eigenvalue weighted by molar-refractivity contribution is 7.10. The first-order valence-corrected chi connectivity index (χ1v) is 5.69. The second-order valence-corrected chi connectivity index (χ2v) is 4.52. The molecule has 0 aliphatic carbocycles. The van der Waals surface area contributed by atoms with E-state index in [-0.39, 0.29) is 5.02 Å². The average Bonchev–Trinajstić information content (AvgIpc) is 2.74. The average molecular weight is 242 g/mol. The van der Waals surface area contributed by atoms with E-state index < -0.39 is 11.9 Å². The van der Waals surface area contributed by atoms with Gasteiger partial charge in [0.25, 0.3) is 0 Å². The van der Waals surface area contributed by atoms with Crippen molar-refractivity contribution in [3.63, 3.8) is 0 Å². The van der Waals surface area contributed by atoms with Gasteiger partial charge in [-0.3, -0.25) is 0 Å². The number of hydrogen-bond donors (Lipinski definition) is 1. The van der Waals surface area contributed by atoms with Crippen LogP contribution in [0, 0.1) is 5.82 Å². The van der Waals surface area contributed by atoms with Crippen molar-refractivity contribution in [1.29, 1.82) is 0 Å². The summed E-state index contributed by atoms with van der Waals surface area (Å²) in [4.78, 5) is 0.927. The number of thiophene rings is 1. The molecule has 0 bridgehead atoms. The molecule has 0 radical (unpaired) electrons. The molecule has 2 N–H and O–H groups in total. The molecule has 78 valence electrons. The largest absolute Gasteiger partial charge is 0.320 e. The van der Waals surface area contributed by atoms with Crippen LogP contribution in [0.3, 0.4) is 0 Å². The summed E-state index contributed by atoms with van der Waals surface area (Å²) in [6.45, 7) is 0. The molecule has 4 heteroatoms.